The van der Waals surface area contributed by atoms with Crippen molar-refractivity contribution in [1.29, 1.82) is 0 Å². The van der Waals surface area contributed by atoms with Gasteiger partial charge in [0, 0.05) is 9.13 Å². The normalized spacial score (nSPS) is 14.0. The zero-order chi connectivity index (χ0) is 25.1. The fourth-order valence-corrected chi connectivity index (χ4v) is 4.22. The second-order valence-electron chi connectivity index (χ2n) is 7.82. The maximum atomic E-state index is 12.7. The Labute approximate surface area is 225 Å². The molecule has 3 aromatic carbocycles. The van der Waals surface area contributed by atoms with Gasteiger partial charge in [-0.3, -0.25) is 0 Å². The molecule has 0 atom stereocenters. The lowest BCUT2D eigenvalue weighted by atomic mass is 10.1. The van der Waals surface area contributed by atoms with Gasteiger partial charge in [-0.05, 0) is 119 Å². The van der Waals surface area contributed by atoms with Gasteiger partial charge in [-0.25, -0.2) is 14.6 Å². The molecule has 0 aromatic heterocycles. The molecule has 0 N–H and O–H groups in total. The fourth-order valence-electron chi connectivity index (χ4n) is 3.34. The van der Waals surface area contributed by atoms with E-state index in [0.29, 0.717) is 28.0 Å². The molecule has 0 unspecified atom stereocenters. The first-order valence-electron chi connectivity index (χ1n) is 10.8. The van der Waals surface area contributed by atoms with Crippen molar-refractivity contribution in [3.05, 3.63) is 96.2 Å². The van der Waals surface area contributed by atoms with Gasteiger partial charge in [0.1, 0.15) is 0 Å². The number of aryl methyl sites for hydroxylation is 2. The number of rotatable bonds is 6. The van der Waals surface area contributed by atoms with E-state index in [1.165, 1.54) is 0 Å². The number of cyclic esters (lactones) is 1. The van der Waals surface area contributed by atoms with Crippen LogP contribution in [0.15, 0.2) is 69.8 Å². The highest BCUT2D eigenvalue weighted by Gasteiger charge is 2.25. The molecule has 4 rings (SSSR count). The quantitative estimate of drug-likeness (QED) is 0.130. The third kappa shape index (κ3) is 5.82. The third-order valence-electron chi connectivity index (χ3n) is 5.14. The molecule has 0 saturated heterocycles. The summed E-state index contributed by atoms with van der Waals surface area (Å²) >= 11 is 5.72. The Morgan fingerprint density at radius 1 is 1.11 bits per heavy atom. The zero-order valence-corrected chi connectivity index (χ0v) is 23.0. The number of aliphatic imine (C=N–C) groups is 1. The van der Waals surface area contributed by atoms with Crippen molar-refractivity contribution in [2.24, 2.45) is 4.99 Å². The molecule has 0 aliphatic carbocycles. The van der Waals surface area contributed by atoms with Crippen LogP contribution >= 0.6 is 38.5 Å². The molecule has 0 saturated carbocycles. The molecule has 0 radical (unpaired) electrons. The van der Waals surface area contributed by atoms with Crippen molar-refractivity contribution in [1.82, 2.24) is 0 Å². The predicted octanol–water partition coefficient (Wildman–Crippen LogP) is 6.63. The minimum Gasteiger partial charge on any atom is -0.490 e. The number of ether oxygens (including phenoxy) is 3. The second kappa shape index (κ2) is 10.7. The second-order valence-corrected chi connectivity index (χ2v) is 9.84. The number of carbonyl (C=O) groups is 2. The van der Waals surface area contributed by atoms with Gasteiger partial charge in [0.05, 0.1) is 16.6 Å². The lowest BCUT2D eigenvalue weighted by molar-refractivity contribution is -0.129. The Balaban J connectivity index is 1.64. The van der Waals surface area contributed by atoms with Crippen molar-refractivity contribution >= 4 is 62.4 Å². The van der Waals surface area contributed by atoms with Crippen LogP contribution in [0.5, 0.6) is 11.5 Å². The lowest BCUT2D eigenvalue weighted by Gasteiger charge is -2.13. The predicted molar refractivity (Wildman–Crippen MR) is 146 cm³/mol. The molecule has 0 amide bonds. The molecule has 1 heterocycles. The highest BCUT2D eigenvalue weighted by molar-refractivity contribution is 14.1. The highest BCUT2D eigenvalue weighted by atomic mass is 127. The third-order valence-corrected chi connectivity index (χ3v) is 6.94. The summed E-state index contributed by atoms with van der Waals surface area (Å²) in [6.07, 6.45) is 1.60. The molecule has 0 spiro atoms. The van der Waals surface area contributed by atoms with E-state index >= 15 is 0 Å². The number of benzene rings is 3. The van der Waals surface area contributed by atoms with Gasteiger partial charge in [-0.1, -0.05) is 17.7 Å². The first-order valence-corrected chi connectivity index (χ1v) is 12.7. The summed E-state index contributed by atoms with van der Waals surface area (Å²) in [5.74, 6) is -0.169. The highest BCUT2D eigenvalue weighted by Crippen LogP contribution is 2.38. The van der Waals surface area contributed by atoms with Gasteiger partial charge in [0.15, 0.2) is 17.2 Å². The minimum absolute atomic E-state index is 0.162. The van der Waals surface area contributed by atoms with Crippen LogP contribution in [0.2, 0.25) is 0 Å². The van der Waals surface area contributed by atoms with E-state index in [9.17, 15) is 9.59 Å². The zero-order valence-electron chi connectivity index (χ0n) is 19.2. The summed E-state index contributed by atoms with van der Waals surface area (Å²) in [5.41, 5.74) is 4.07. The molecular weight excluding hydrogens is 625 g/mol. The number of hydrogen-bond donors (Lipinski definition) is 0. The molecule has 35 heavy (non-hydrogen) atoms. The molecule has 178 valence electrons. The van der Waals surface area contributed by atoms with Crippen molar-refractivity contribution in [3.8, 4) is 11.5 Å². The van der Waals surface area contributed by atoms with Crippen LogP contribution in [-0.4, -0.2) is 24.4 Å². The Morgan fingerprint density at radius 2 is 1.86 bits per heavy atom. The van der Waals surface area contributed by atoms with Crippen molar-refractivity contribution in [2.75, 3.05) is 6.61 Å². The van der Waals surface area contributed by atoms with Crippen LogP contribution < -0.4 is 9.47 Å². The summed E-state index contributed by atoms with van der Waals surface area (Å²) in [7, 11) is 0. The van der Waals surface area contributed by atoms with Crippen LogP contribution in [0.1, 0.15) is 39.5 Å². The van der Waals surface area contributed by atoms with Crippen LogP contribution in [0, 0.1) is 17.4 Å². The molecule has 6 nitrogen and oxygen atoms in total. The Morgan fingerprint density at radius 3 is 2.54 bits per heavy atom. The van der Waals surface area contributed by atoms with E-state index in [1.54, 1.807) is 30.3 Å². The Kier molecular flexibility index (Phi) is 7.71. The lowest BCUT2D eigenvalue weighted by Crippen LogP contribution is -2.10. The number of halogens is 2. The van der Waals surface area contributed by atoms with Crippen LogP contribution in [0.3, 0.4) is 0 Å². The van der Waals surface area contributed by atoms with E-state index < -0.39 is 11.9 Å². The van der Waals surface area contributed by atoms with Crippen LogP contribution in [0.25, 0.3) is 6.08 Å². The van der Waals surface area contributed by atoms with Gasteiger partial charge < -0.3 is 14.2 Å². The number of esters is 2. The average Bonchev–Trinajstić information content (AvgIpc) is 3.18. The van der Waals surface area contributed by atoms with Crippen LogP contribution in [-0.2, 0) is 9.53 Å². The molecule has 1 aliphatic heterocycles. The van der Waals surface area contributed by atoms with E-state index in [0.717, 1.165) is 20.3 Å². The van der Waals surface area contributed by atoms with Gasteiger partial charge in [-0.15, -0.1) is 0 Å². The summed E-state index contributed by atoms with van der Waals surface area (Å²) < 4.78 is 18.4. The summed E-state index contributed by atoms with van der Waals surface area (Å²) in [6, 6.07) is 16.3. The van der Waals surface area contributed by atoms with Gasteiger partial charge in [0.2, 0.25) is 5.90 Å². The van der Waals surface area contributed by atoms with Crippen molar-refractivity contribution in [2.45, 2.75) is 20.8 Å². The summed E-state index contributed by atoms with van der Waals surface area (Å²) in [4.78, 5) is 29.5. The van der Waals surface area contributed by atoms with Gasteiger partial charge >= 0.3 is 11.9 Å². The minimum atomic E-state index is -0.542. The summed E-state index contributed by atoms with van der Waals surface area (Å²) in [6.45, 7) is 6.12. The SMILES string of the molecule is CCOc1cc(/C=C2\N=C(c3ccc(I)c(C)c3)OC2=O)cc(Br)c1OC(=O)c1ccc(C)cc1. The van der Waals surface area contributed by atoms with Crippen molar-refractivity contribution < 1.29 is 23.8 Å². The summed E-state index contributed by atoms with van der Waals surface area (Å²) in [5, 5.41) is 0. The molecule has 8 heteroatoms. The first-order chi connectivity index (χ1) is 16.7. The smallest absolute Gasteiger partial charge is 0.363 e. The Hall–Kier alpha value is -2.98. The largest absolute Gasteiger partial charge is 0.490 e. The number of carbonyl (C=O) groups excluding carboxylic acids is 2. The van der Waals surface area contributed by atoms with Crippen LogP contribution in [0.4, 0.5) is 0 Å². The number of nitrogens with zero attached hydrogens (tertiary/aromatic N) is 1. The molecular formula is C27H21BrINO5. The monoisotopic (exact) mass is 645 g/mol. The topological polar surface area (TPSA) is 74.2 Å². The molecule has 0 bridgehead atoms. The molecule has 1 aliphatic rings. The van der Waals surface area contributed by atoms with E-state index in [1.807, 2.05) is 51.1 Å². The van der Waals surface area contributed by atoms with E-state index in [4.69, 9.17) is 14.2 Å². The Bertz CT molecular complexity index is 1380. The molecule has 0 fully saturated rings. The standard InChI is InChI=1S/C27H21BrINO5/c1-4-33-23-14-17(12-20(28)24(23)34-26(31)18-7-5-15(2)6-8-18)13-22-27(32)35-25(30-22)19-9-10-21(29)16(3)11-19/h5-14H,4H2,1-3H3/b22-13-. The van der Waals surface area contributed by atoms with E-state index in [2.05, 4.69) is 43.5 Å². The average molecular weight is 646 g/mol. The van der Waals surface area contributed by atoms with Gasteiger partial charge in [0.25, 0.3) is 0 Å². The number of hydrogen-bond acceptors (Lipinski definition) is 6. The van der Waals surface area contributed by atoms with E-state index in [-0.39, 0.29) is 17.3 Å². The maximum absolute atomic E-state index is 12.7. The fraction of sp³-hybridized carbons (Fsp3) is 0.148. The van der Waals surface area contributed by atoms with Crippen molar-refractivity contribution in [3.63, 3.8) is 0 Å². The first kappa shape index (κ1) is 25.1. The molecule has 3 aromatic rings. The maximum Gasteiger partial charge on any atom is 0.363 e. The van der Waals surface area contributed by atoms with Gasteiger partial charge in [-0.2, -0.15) is 0 Å².